The average molecular weight is 534 g/mol. The highest BCUT2D eigenvalue weighted by atomic mass is 19.1. The zero-order valence-electron chi connectivity index (χ0n) is 21.9. The molecule has 1 aromatic heterocycles. The first-order valence-corrected chi connectivity index (χ1v) is 13.1. The summed E-state index contributed by atoms with van der Waals surface area (Å²) in [6, 6.07) is 18.1. The third-order valence-corrected chi connectivity index (χ3v) is 6.67. The minimum Gasteiger partial charge on any atom is -0.459 e. The van der Waals surface area contributed by atoms with Gasteiger partial charge >= 0.3 is 5.97 Å². The second-order valence-electron chi connectivity index (χ2n) is 9.65. The second kappa shape index (κ2) is 13.3. The summed E-state index contributed by atoms with van der Waals surface area (Å²) in [4.78, 5) is 28.6. The van der Waals surface area contributed by atoms with Crippen LogP contribution in [0.15, 0.2) is 72.9 Å². The molecule has 204 valence electrons. The Hall–Kier alpha value is -3.88. The third kappa shape index (κ3) is 7.81. The van der Waals surface area contributed by atoms with Gasteiger partial charge in [-0.3, -0.25) is 9.59 Å². The Kier molecular flexibility index (Phi) is 9.57. The van der Waals surface area contributed by atoms with Gasteiger partial charge < -0.3 is 20.8 Å². The van der Waals surface area contributed by atoms with Crippen molar-refractivity contribution in [1.29, 1.82) is 0 Å². The van der Waals surface area contributed by atoms with Crippen molar-refractivity contribution in [3.05, 3.63) is 107 Å². The Morgan fingerprint density at radius 2 is 1.69 bits per heavy atom. The number of aromatic nitrogens is 1. The molecule has 4 aromatic rings. The Morgan fingerprint density at radius 1 is 0.949 bits per heavy atom. The maximum atomic E-state index is 13.7. The molecular formula is C31H33F2N3O3. The van der Waals surface area contributed by atoms with E-state index in [1.165, 1.54) is 17.7 Å². The Labute approximate surface area is 226 Å². The lowest BCUT2D eigenvalue weighted by molar-refractivity contribution is -0.149. The number of carbonyl (C=O) groups excluding carboxylic acids is 2. The molecule has 39 heavy (non-hydrogen) atoms. The van der Waals surface area contributed by atoms with Gasteiger partial charge in [0.2, 0.25) is 0 Å². The summed E-state index contributed by atoms with van der Waals surface area (Å²) in [7, 11) is 0. The maximum Gasteiger partial charge on any atom is 0.306 e. The van der Waals surface area contributed by atoms with Gasteiger partial charge in [0.1, 0.15) is 17.7 Å². The highest BCUT2D eigenvalue weighted by Crippen LogP contribution is 2.20. The number of hydrogen-bond donors (Lipinski definition) is 3. The van der Waals surface area contributed by atoms with Gasteiger partial charge in [-0.15, -0.1) is 0 Å². The fraction of sp³-hybridized carbons (Fsp3) is 0.290. The largest absolute Gasteiger partial charge is 0.459 e. The van der Waals surface area contributed by atoms with Crippen molar-refractivity contribution in [2.75, 3.05) is 6.54 Å². The second-order valence-corrected chi connectivity index (χ2v) is 9.65. The quantitative estimate of drug-likeness (QED) is 0.161. The van der Waals surface area contributed by atoms with Crippen molar-refractivity contribution in [3.63, 3.8) is 0 Å². The Bertz CT molecular complexity index is 1420. The van der Waals surface area contributed by atoms with Gasteiger partial charge in [0.15, 0.2) is 5.78 Å². The number of aryl methyl sites for hydroxylation is 1. The highest BCUT2D eigenvalue weighted by molar-refractivity contribution is 6.08. The number of ether oxygens (including phenoxy) is 1. The zero-order valence-corrected chi connectivity index (χ0v) is 21.9. The van der Waals surface area contributed by atoms with Gasteiger partial charge in [-0.1, -0.05) is 49.4 Å². The molecule has 0 saturated heterocycles. The fourth-order valence-corrected chi connectivity index (χ4v) is 4.61. The number of ketones is 1. The Morgan fingerprint density at radius 3 is 2.46 bits per heavy atom. The number of rotatable bonds is 13. The summed E-state index contributed by atoms with van der Waals surface area (Å²) in [6.45, 7) is 2.85. The van der Waals surface area contributed by atoms with Crippen LogP contribution in [-0.2, 0) is 28.9 Å². The summed E-state index contributed by atoms with van der Waals surface area (Å²) in [5.74, 6) is -2.14. The molecule has 0 aliphatic carbocycles. The monoisotopic (exact) mass is 533 g/mol. The van der Waals surface area contributed by atoms with Crippen LogP contribution in [0.3, 0.4) is 0 Å². The average Bonchev–Trinajstić information content (AvgIpc) is 3.35. The molecule has 2 atom stereocenters. The Balaban J connectivity index is 1.39. The molecule has 1 heterocycles. The standard InChI is InChI=1S/C31H33F2N3O3/c1-2-20-6-5-7-21(12-20)17-35-19-30(27(34)15-22-13-23(32)16-24(33)14-22)39-31(38)11-10-29(37)26-18-36-28-9-4-3-8-25(26)28/h3-9,12-14,16,18,27,30,35-36H,2,10-11,15,17,19,34H2,1H3. The van der Waals surface area contributed by atoms with Crippen LogP contribution in [0.1, 0.15) is 46.8 Å². The number of esters is 1. The van der Waals surface area contributed by atoms with Gasteiger partial charge in [0.05, 0.1) is 6.42 Å². The molecule has 0 aliphatic rings. The van der Waals surface area contributed by atoms with Crippen molar-refractivity contribution in [3.8, 4) is 0 Å². The van der Waals surface area contributed by atoms with Gasteiger partial charge in [0.25, 0.3) is 0 Å². The molecule has 0 spiro atoms. The smallest absolute Gasteiger partial charge is 0.306 e. The first kappa shape index (κ1) is 28.1. The minimum atomic E-state index is -0.777. The van der Waals surface area contributed by atoms with Crippen molar-refractivity contribution in [1.82, 2.24) is 10.3 Å². The molecular weight excluding hydrogens is 500 g/mol. The number of benzene rings is 3. The molecule has 0 radical (unpaired) electrons. The van der Waals surface area contributed by atoms with E-state index in [-0.39, 0.29) is 31.6 Å². The number of nitrogens with two attached hydrogens (primary N) is 1. The van der Waals surface area contributed by atoms with Crippen molar-refractivity contribution in [2.24, 2.45) is 5.73 Å². The van der Waals surface area contributed by atoms with Crippen LogP contribution in [0.2, 0.25) is 0 Å². The predicted molar refractivity (Wildman–Crippen MR) is 147 cm³/mol. The first-order valence-electron chi connectivity index (χ1n) is 13.1. The van der Waals surface area contributed by atoms with Crippen LogP contribution in [-0.4, -0.2) is 35.4 Å². The molecule has 4 N–H and O–H groups in total. The van der Waals surface area contributed by atoms with E-state index in [2.05, 4.69) is 29.4 Å². The van der Waals surface area contributed by atoms with E-state index in [1.807, 2.05) is 36.4 Å². The van der Waals surface area contributed by atoms with Crippen molar-refractivity contribution in [2.45, 2.75) is 51.3 Å². The number of aromatic amines is 1. The molecule has 6 nitrogen and oxygen atoms in total. The van der Waals surface area contributed by atoms with E-state index in [0.29, 0.717) is 17.7 Å². The topological polar surface area (TPSA) is 97.2 Å². The summed E-state index contributed by atoms with van der Waals surface area (Å²) in [5, 5.41) is 4.08. The number of H-pyrrole nitrogens is 1. The summed E-state index contributed by atoms with van der Waals surface area (Å²) >= 11 is 0. The van der Waals surface area contributed by atoms with E-state index in [1.54, 1.807) is 6.20 Å². The van der Waals surface area contributed by atoms with E-state index in [4.69, 9.17) is 10.5 Å². The predicted octanol–water partition coefficient (Wildman–Crippen LogP) is 5.24. The SMILES string of the molecule is CCc1cccc(CNCC(OC(=O)CCC(=O)c2c[nH]c3ccccc23)C(N)Cc2cc(F)cc(F)c2)c1. The van der Waals surface area contributed by atoms with Gasteiger partial charge in [0, 0.05) is 54.3 Å². The van der Waals surface area contributed by atoms with Crippen molar-refractivity contribution < 1.29 is 23.1 Å². The van der Waals surface area contributed by atoms with Crippen LogP contribution in [0.4, 0.5) is 8.78 Å². The van der Waals surface area contributed by atoms with E-state index < -0.39 is 29.7 Å². The van der Waals surface area contributed by atoms with Gasteiger partial charge in [-0.05, 0) is 47.7 Å². The van der Waals surface area contributed by atoms with Crippen LogP contribution in [0, 0.1) is 11.6 Å². The molecule has 3 aromatic carbocycles. The first-order chi connectivity index (χ1) is 18.8. The number of nitrogens with one attached hydrogen (secondary N) is 2. The van der Waals surface area contributed by atoms with E-state index >= 15 is 0 Å². The summed E-state index contributed by atoms with van der Waals surface area (Å²) < 4.78 is 33.1. The lowest BCUT2D eigenvalue weighted by Crippen LogP contribution is -2.46. The fourth-order valence-electron chi connectivity index (χ4n) is 4.61. The minimum absolute atomic E-state index is 0.0189. The van der Waals surface area contributed by atoms with Gasteiger partial charge in [-0.25, -0.2) is 8.78 Å². The van der Waals surface area contributed by atoms with Gasteiger partial charge in [-0.2, -0.15) is 0 Å². The lowest BCUT2D eigenvalue weighted by Gasteiger charge is -2.25. The van der Waals surface area contributed by atoms with Crippen LogP contribution in [0.25, 0.3) is 10.9 Å². The molecule has 0 fully saturated rings. The molecule has 2 unspecified atom stereocenters. The molecule has 0 aliphatic heterocycles. The lowest BCUT2D eigenvalue weighted by atomic mass is 10.0. The molecule has 0 bridgehead atoms. The van der Waals surface area contributed by atoms with Crippen molar-refractivity contribution >= 4 is 22.7 Å². The summed E-state index contributed by atoms with van der Waals surface area (Å²) in [5.41, 5.74) is 10.4. The van der Waals surface area contributed by atoms with Crippen LogP contribution >= 0.6 is 0 Å². The number of fused-ring (bicyclic) bond motifs is 1. The zero-order chi connectivity index (χ0) is 27.8. The van der Waals surface area contributed by atoms with E-state index in [9.17, 15) is 18.4 Å². The van der Waals surface area contributed by atoms with E-state index in [0.717, 1.165) is 29.0 Å². The maximum absolute atomic E-state index is 13.7. The number of para-hydroxylation sites is 1. The normalized spacial score (nSPS) is 12.8. The number of Topliss-reactive ketones (excluding diaryl/α,β-unsaturated/α-hetero) is 1. The number of carbonyl (C=O) groups is 2. The molecule has 0 amide bonds. The molecule has 0 saturated carbocycles. The number of hydrogen-bond acceptors (Lipinski definition) is 5. The summed E-state index contributed by atoms with van der Waals surface area (Å²) in [6.07, 6.45) is 1.76. The van der Waals surface area contributed by atoms with Crippen LogP contribution < -0.4 is 11.1 Å². The molecule has 8 heteroatoms. The number of halogens is 2. The molecule has 4 rings (SSSR count). The highest BCUT2D eigenvalue weighted by Gasteiger charge is 2.24. The van der Waals surface area contributed by atoms with Crippen LogP contribution in [0.5, 0.6) is 0 Å². The third-order valence-electron chi connectivity index (χ3n) is 6.67.